The Morgan fingerprint density at radius 2 is 1.77 bits per heavy atom. The fourth-order valence-corrected chi connectivity index (χ4v) is 2.49. The highest BCUT2D eigenvalue weighted by atomic mass is 16.5. The SMILES string of the molecule is C#Cc1ccc(CN2CCOCC2)cc1.C=Cc1ccc(C(=O)O)cc1. The first-order valence-electron chi connectivity index (χ1n) is 8.44. The van der Waals surface area contributed by atoms with Crippen molar-refractivity contribution in [1.29, 1.82) is 0 Å². The number of hydrogen-bond donors (Lipinski definition) is 1. The van der Waals surface area contributed by atoms with Crippen molar-refractivity contribution in [3.8, 4) is 12.3 Å². The highest BCUT2D eigenvalue weighted by Gasteiger charge is 2.10. The van der Waals surface area contributed by atoms with E-state index in [1.165, 1.54) is 5.56 Å². The van der Waals surface area contributed by atoms with Gasteiger partial charge in [0.2, 0.25) is 0 Å². The molecule has 1 aliphatic heterocycles. The second kappa shape index (κ2) is 10.2. The quantitative estimate of drug-likeness (QED) is 0.858. The van der Waals surface area contributed by atoms with Crippen LogP contribution < -0.4 is 0 Å². The van der Waals surface area contributed by atoms with Crippen LogP contribution in [-0.2, 0) is 11.3 Å². The number of aromatic carboxylic acids is 1. The summed E-state index contributed by atoms with van der Waals surface area (Å²) in [5.74, 6) is 1.72. The maximum Gasteiger partial charge on any atom is 0.335 e. The third kappa shape index (κ3) is 6.21. The van der Waals surface area contributed by atoms with Crippen LogP contribution in [0.15, 0.2) is 55.1 Å². The molecule has 0 atom stereocenters. The van der Waals surface area contributed by atoms with Crippen molar-refractivity contribution in [2.75, 3.05) is 26.3 Å². The fourth-order valence-electron chi connectivity index (χ4n) is 2.49. The normalized spacial score (nSPS) is 13.8. The molecule has 3 rings (SSSR count). The summed E-state index contributed by atoms with van der Waals surface area (Å²) in [4.78, 5) is 12.8. The summed E-state index contributed by atoms with van der Waals surface area (Å²) in [6.07, 6.45) is 6.98. The van der Waals surface area contributed by atoms with Gasteiger partial charge in [0, 0.05) is 25.2 Å². The van der Waals surface area contributed by atoms with E-state index in [2.05, 4.69) is 29.5 Å². The molecule has 1 N–H and O–H groups in total. The van der Waals surface area contributed by atoms with Crippen LogP contribution in [-0.4, -0.2) is 42.3 Å². The Kier molecular flexibility index (Phi) is 7.63. The maximum absolute atomic E-state index is 10.4. The van der Waals surface area contributed by atoms with E-state index in [-0.39, 0.29) is 0 Å². The number of rotatable bonds is 4. The van der Waals surface area contributed by atoms with E-state index >= 15 is 0 Å². The van der Waals surface area contributed by atoms with Crippen LogP contribution in [0.4, 0.5) is 0 Å². The third-order valence-corrected chi connectivity index (χ3v) is 4.02. The molecule has 0 saturated carbocycles. The van der Waals surface area contributed by atoms with Crippen molar-refractivity contribution in [2.24, 2.45) is 0 Å². The third-order valence-electron chi connectivity index (χ3n) is 4.02. The molecule has 0 bridgehead atoms. The average Bonchev–Trinajstić information content (AvgIpc) is 2.70. The highest BCUT2D eigenvalue weighted by Crippen LogP contribution is 2.08. The van der Waals surface area contributed by atoms with E-state index in [9.17, 15) is 4.79 Å². The van der Waals surface area contributed by atoms with Crippen LogP contribution in [0, 0.1) is 12.3 Å². The Morgan fingerprint density at radius 1 is 1.15 bits per heavy atom. The maximum atomic E-state index is 10.4. The van der Waals surface area contributed by atoms with E-state index in [0.717, 1.165) is 44.0 Å². The summed E-state index contributed by atoms with van der Waals surface area (Å²) in [5, 5.41) is 8.52. The lowest BCUT2D eigenvalue weighted by Crippen LogP contribution is -2.35. The number of nitrogens with zero attached hydrogens (tertiary/aromatic N) is 1. The van der Waals surface area contributed by atoms with Crippen LogP contribution in [0.1, 0.15) is 27.0 Å². The lowest BCUT2D eigenvalue weighted by atomic mass is 10.1. The number of carboxylic acids is 1. The minimum absolute atomic E-state index is 0.301. The largest absolute Gasteiger partial charge is 0.478 e. The van der Waals surface area contributed by atoms with Crippen molar-refractivity contribution >= 4 is 12.0 Å². The first-order valence-corrected chi connectivity index (χ1v) is 8.44. The Hall–Kier alpha value is -2.87. The van der Waals surface area contributed by atoms with Crippen LogP contribution in [0.3, 0.4) is 0 Å². The van der Waals surface area contributed by atoms with Gasteiger partial charge in [-0.2, -0.15) is 0 Å². The molecule has 0 aliphatic carbocycles. The summed E-state index contributed by atoms with van der Waals surface area (Å²) in [6, 6.07) is 14.7. The second-order valence-electron chi connectivity index (χ2n) is 5.86. The fraction of sp³-hybridized carbons (Fsp3) is 0.227. The van der Waals surface area contributed by atoms with E-state index < -0.39 is 5.97 Å². The monoisotopic (exact) mass is 349 g/mol. The predicted octanol–water partition coefficient (Wildman–Crippen LogP) is 3.53. The molecular weight excluding hydrogens is 326 g/mol. The van der Waals surface area contributed by atoms with Crippen LogP contribution >= 0.6 is 0 Å². The number of ether oxygens (including phenoxy) is 1. The van der Waals surface area contributed by atoms with Gasteiger partial charge in [-0.15, -0.1) is 6.42 Å². The Bertz CT molecular complexity index is 751. The topological polar surface area (TPSA) is 49.8 Å². The first-order chi connectivity index (χ1) is 12.6. The molecule has 1 saturated heterocycles. The molecule has 0 unspecified atom stereocenters. The van der Waals surface area contributed by atoms with E-state index in [1.54, 1.807) is 30.3 Å². The molecule has 1 aliphatic rings. The predicted molar refractivity (Wildman–Crippen MR) is 104 cm³/mol. The molecule has 0 spiro atoms. The van der Waals surface area contributed by atoms with Gasteiger partial charge < -0.3 is 9.84 Å². The first kappa shape index (κ1) is 19.5. The molecule has 4 nitrogen and oxygen atoms in total. The molecule has 4 heteroatoms. The van der Waals surface area contributed by atoms with E-state index in [1.807, 2.05) is 12.1 Å². The Labute approximate surface area is 154 Å². The van der Waals surface area contributed by atoms with Gasteiger partial charge >= 0.3 is 5.97 Å². The lowest BCUT2D eigenvalue weighted by molar-refractivity contribution is 0.0342. The molecular formula is C22H23NO3. The van der Waals surface area contributed by atoms with Crippen molar-refractivity contribution in [1.82, 2.24) is 4.90 Å². The molecule has 2 aromatic carbocycles. The van der Waals surface area contributed by atoms with Gasteiger partial charge in [0.25, 0.3) is 0 Å². The molecule has 134 valence electrons. The van der Waals surface area contributed by atoms with Gasteiger partial charge in [0.15, 0.2) is 0 Å². The zero-order valence-corrected chi connectivity index (χ0v) is 14.7. The smallest absolute Gasteiger partial charge is 0.335 e. The molecule has 1 fully saturated rings. The van der Waals surface area contributed by atoms with Gasteiger partial charge in [-0.05, 0) is 35.4 Å². The highest BCUT2D eigenvalue weighted by molar-refractivity contribution is 5.87. The number of carboxylic acid groups (broad SMARTS) is 1. The minimum Gasteiger partial charge on any atom is -0.478 e. The zero-order chi connectivity index (χ0) is 18.8. The van der Waals surface area contributed by atoms with Gasteiger partial charge in [-0.25, -0.2) is 4.79 Å². The van der Waals surface area contributed by atoms with Gasteiger partial charge in [-0.3, -0.25) is 4.90 Å². The molecule has 0 radical (unpaired) electrons. The Balaban J connectivity index is 0.000000197. The van der Waals surface area contributed by atoms with Crippen LogP contribution in [0.25, 0.3) is 6.08 Å². The number of carbonyl (C=O) groups is 1. The van der Waals surface area contributed by atoms with Gasteiger partial charge in [0.1, 0.15) is 0 Å². The summed E-state index contributed by atoms with van der Waals surface area (Å²) in [5.41, 5.74) is 3.49. The number of hydrogen-bond acceptors (Lipinski definition) is 3. The van der Waals surface area contributed by atoms with Crippen molar-refractivity contribution in [2.45, 2.75) is 6.54 Å². The van der Waals surface area contributed by atoms with Crippen molar-refractivity contribution < 1.29 is 14.6 Å². The average molecular weight is 349 g/mol. The van der Waals surface area contributed by atoms with Gasteiger partial charge in [-0.1, -0.05) is 42.8 Å². The standard InChI is InChI=1S/C13H15NO.C9H8O2/c1-2-12-3-5-13(6-4-12)11-14-7-9-15-10-8-14;1-2-7-3-5-8(6-4-7)9(10)11/h1,3-6H,7-11H2;2-6H,1H2,(H,10,11). The second-order valence-corrected chi connectivity index (χ2v) is 5.86. The molecule has 0 aromatic heterocycles. The lowest BCUT2D eigenvalue weighted by Gasteiger charge is -2.26. The van der Waals surface area contributed by atoms with E-state index in [0.29, 0.717) is 5.56 Å². The number of terminal acetylenes is 1. The summed E-state index contributed by atoms with van der Waals surface area (Å²) < 4.78 is 5.31. The Morgan fingerprint density at radius 3 is 2.27 bits per heavy atom. The van der Waals surface area contributed by atoms with Gasteiger partial charge in [0.05, 0.1) is 18.8 Å². The summed E-state index contributed by atoms with van der Waals surface area (Å²) in [7, 11) is 0. The number of morpholine rings is 1. The van der Waals surface area contributed by atoms with Crippen LogP contribution in [0.5, 0.6) is 0 Å². The van der Waals surface area contributed by atoms with E-state index in [4.69, 9.17) is 16.3 Å². The molecule has 26 heavy (non-hydrogen) atoms. The molecule has 2 aromatic rings. The molecule has 0 amide bonds. The number of benzene rings is 2. The zero-order valence-electron chi connectivity index (χ0n) is 14.7. The minimum atomic E-state index is -0.902. The van der Waals surface area contributed by atoms with Crippen molar-refractivity contribution in [3.05, 3.63) is 77.4 Å². The van der Waals surface area contributed by atoms with Crippen molar-refractivity contribution in [3.63, 3.8) is 0 Å². The van der Waals surface area contributed by atoms with Crippen LogP contribution in [0.2, 0.25) is 0 Å². The summed E-state index contributed by atoms with van der Waals surface area (Å²) >= 11 is 0. The molecule has 1 heterocycles. The summed E-state index contributed by atoms with van der Waals surface area (Å²) in [6.45, 7) is 8.30.